The van der Waals surface area contributed by atoms with E-state index in [9.17, 15) is 14.4 Å². The minimum absolute atomic E-state index is 0.174. The number of hydrogen-bond acceptors (Lipinski definition) is 5. The van der Waals surface area contributed by atoms with E-state index in [1.807, 2.05) is 0 Å². The lowest BCUT2D eigenvalue weighted by molar-refractivity contribution is -0.148. The van der Waals surface area contributed by atoms with Gasteiger partial charge in [-0.1, -0.05) is 25.7 Å². The molecule has 0 bridgehead atoms. The van der Waals surface area contributed by atoms with Gasteiger partial charge < -0.3 is 14.5 Å². The highest BCUT2D eigenvalue weighted by Crippen LogP contribution is 2.28. The van der Waals surface area contributed by atoms with E-state index in [4.69, 9.17) is 9.15 Å². The number of furan rings is 1. The predicted octanol–water partition coefficient (Wildman–Crippen LogP) is 2.12. The van der Waals surface area contributed by atoms with Gasteiger partial charge >= 0.3 is 12.0 Å². The van der Waals surface area contributed by atoms with E-state index in [1.54, 1.807) is 12.1 Å². The van der Waals surface area contributed by atoms with E-state index in [0.717, 1.165) is 6.42 Å². The predicted molar refractivity (Wildman–Crippen MR) is 81.2 cm³/mol. The first-order chi connectivity index (χ1) is 11.1. The van der Waals surface area contributed by atoms with Crippen LogP contribution >= 0.6 is 0 Å². The second-order valence-corrected chi connectivity index (χ2v) is 5.66. The van der Waals surface area contributed by atoms with Crippen molar-refractivity contribution < 1.29 is 23.5 Å². The lowest BCUT2D eigenvalue weighted by atomic mass is 10.0. The maximum absolute atomic E-state index is 11.6. The minimum atomic E-state index is -0.659. The second kappa shape index (κ2) is 8.97. The number of hydrogen-bond donors (Lipinski definition) is 2. The normalized spacial score (nSPS) is 14.4. The quantitative estimate of drug-likeness (QED) is 0.749. The summed E-state index contributed by atoms with van der Waals surface area (Å²) in [4.78, 5) is 34.5. The van der Waals surface area contributed by atoms with Crippen molar-refractivity contribution in [3.63, 3.8) is 0 Å². The molecule has 23 heavy (non-hydrogen) atoms. The number of urea groups is 1. The molecular weight excluding hydrogens is 300 g/mol. The summed E-state index contributed by atoms with van der Waals surface area (Å²) in [5.41, 5.74) is 0. The number of rotatable bonds is 7. The van der Waals surface area contributed by atoms with E-state index in [1.165, 1.54) is 31.9 Å². The van der Waals surface area contributed by atoms with Gasteiger partial charge in [0.1, 0.15) is 5.76 Å². The number of esters is 1. The Hall–Kier alpha value is -2.31. The van der Waals surface area contributed by atoms with Crippen LogP contribution in [0.4, 0.5) is 4.79 Å². The highest BCUT2D eigenvalue weighted by Gasteiger charge is 2.17. The Morgan fingerprint density at radius 1 is 1.26 bits per heavy atom. The van der Waals surface area contributed by atoms with Crippen molar-refractivity contribution in [2.75, 3.05) is 6.61 Å². The SMILES string of the molecule is O=C(COC(=O)CCC1CCCC1)NC(=O)NCc1ccco1. The second-order valence-electron chi connectivity index (χ2n) is 5.66. The molecule has 1 aliphatic rings. The molecule has 1 fully saturated rings. The summed E-state index contributed by atoms with van der Waals surface area (Å²) in [5, 5.41) is 4.55. The standard InChI is InChI=1S/C16H22N2O5/c19-14(18-16(21)17-10-13-6-3-9-22-13)11-23-15(20)8-7-12-4-1-2-5-12/h3,6,9,12H,1-2,4-5,7-8,10-11H2,(H2,17,18,19,21). The van der Waals surface area contributed by atoms with Crippen LogP contribution in [0.3, 0.4) is 0 Å². The number of ether oxygens (including phenoxy) is 1. The van der Waals surface area contributed by atoms with Gasteiger partial charge in [0.05, 0.1) is 12.8 Å². The van der Waals surface area contributed by atoms with Crippen LogP contribution in [0, 0.1) is 5.92 Å². The Balaban J connectivity index is 1.54. The van der Waals surface area contributed by atoms with Crippen LogP contribution in [0.1, 0.15) is 44.3 Å². The number of nitrogens with one attached hydrogen (secondary N) is 2. The molecule has 1 aliphatic carbocycles. The van der Waals surface area contributed by atoms with Crippen LogP contribution in [-0.4, -0.2) is 24.5 Å². The Morgan fingerprint density at radius 3 is 2.74 bits per heavy atom. The van der Waals surface area contributed by atoms with Crippen LogP contribution < -0.4 is 10.6 Å². The molecule has 1 heterocycles. The molecule has 7 heteroatoms. The number of imide groups is 1. The van der Waals surface area contributed by atoms with Crippen LogP contribution in [0.15, 0.2) is 22.8 Å². The third-order valence-electron chi connectivity index (χ3n) is 3.85. The van der Waals surface area contributed by atoms with Crippen molar-refractivity contribution in [2.45, 2.75) is 45.1 Å². The van der Waals surface area contributed by atoms with Gasteiger partial charge in [0.25, 0.3) is 5.91 Å². The van der Waals surface area contributed by atoms with Crippen LogP contribution in [-0.2, 0) is 20.9 Å². The van der Waals surface area contributed by atoms with Crippen molar-refractivity contribution >= 4 is 17.9 Å². The lowest BCUT2D eigenvalue weighted by Gasteiger charge is -2.09. The fraction of sp³-hybridized carbons (Fsp3) is 0.562. The molecule has 1 saturated carbocycles. The summed E-state index contributed by atoms with van der Waals surface area (Å²) in [7, 11) is 0. The minimum Gasteiger partial charge on any atom is -0.467 e. The Kier molecular flexibility index (Phi) is 6.65. The van der Waals surface area contributed by atoms with Crippen molar-refractivity contribution in [2.24, 2.45) is 5.92 Å². The maximum atomic E-state index is 11.6. The van der Waals surface area contributed by atoms with Gasteiger partial charge in [0.2, 0.25) is 0 Å². The highest BCUT2D eigenvalue weighted by molar-refractivity contribution is 5.95. The summed E-state index contributed by atoms with van der Waals surface area (Å²) in [6, 6.07) is 2.74. The van der Waals surface area contributed by atoms with Crippen LogP contribution in [0.2, 0.25) is 0 Å². The van der Waals surface area contributed by atoms with Gasteiger partial charge in [-0.3, -0.25) is 14.9 Å². The molecule has 0 aromatic carbocycles. The average Bonchev–Trinajstić information content (AvgIpc) is 3.22. The molecule has 0 radical (unpaired) electrons. The fourth-order valence-electron chi connectivity index (χ4n) is 2.63. The largest absolute Gasteiger partial charge is 0.467 e. The Bertz CT molecular complexity index is 521. The van der Waals surface area contributed by atoms with Gasteiger partial charge in [-0.2, -0.15) is 0 Å². The third kappa shape index (κ3) is 6.54. The van der Waals surface area contributed by atoms with Crippen molar-refractivity contribution in [3.8, 4) is 0 Å². The van der Waals surface area contributed by atoms with Crippen LogP contribution in [0.25, 0.3) is 0 Å². The average molecular weight is 322 g/mol. The lowest BCUT2D eigenvalue weighted by Crippen LogP contribution is -2.41. The number of amides is 3. The van der Waals surface area contributed by atoms with Gasteiger partial charge in [0.15, 0.2) is 6.61 Å². The smallest absolute Gasteiger partial charge is 0.321 e. The maximum Gasteiger partial charge on any atom is 0.321 e. The molecule has 3 amide bonds. The Morgan fingerprint density at radius 2 is 2.04 bits per heavy atom. The molecule has 0 unspecified atom stereocenters. The summed E-state index contributed by atoms with van der Waals surface area (Å²) in [5.74, 6) is 0.119. The topological polar surface area (TPSA) is 97.6 Å². The zero-order valence-corrected chi connectivity index (χ0v) is 13.0. The molecule has 0 spiro atoms. The Labute approximate surface area is 134 Å². The van der Waals surface area contributed by atoms with E-state index in [0.29, 0.717) is 18.1 Å². The summed E-state index contributed by atoms with van der Waals surface area (Å²) < 4.78 is 9.91. The van der Waals surface area contributed by atoms with E-state index in [2.05, 4.69) is 10.6 Å². The first kappa shape index (κ1) is 17.1. The van der Waals surface area contributed by atoms with Gasteiger partial charge in [0, 0.05) is 6.42 Å². The first-order valence-corrected chi connectivity index (χ1v) is 7.89. The highest BCUT2D eigenvalue weighted by atomic mass is 16.5. The summed E-state index contributed by atoms with van der Waals surface area (Å²) in [6.45, 7) is -0.273. The number of carbonyl (C=O) groups is 3. The molecular formula is C16H22N2O5. The summed E-state index contributed by atoms with van der Waals surface area (Å²) in [6.07, 6.45) is 7.43. The molecule has 2 N–H and O–H groups in total. The molecule has 1 aromatic heterocycles. The van der Waals surface area contributed by atoms with Gasteiger partial charge in [-0.05, 0) is 24.5 Å². The fourth-order valence-corrected chi connectivity index (χ4v) is 2.63. The molecule has 1 aromatic rings. The van der Waals surface area contributed by atoms with Gasteiger partial charge in [-0.25, -0.2) is 4.79 Å². The van der Waals surface area contributed by atoms with Crippen molar-refractivity contribution in [1.82, 2.24) is 10.6 Å². The zero-order valence-electron chi connectivity index (χ0n) is 13.0. The van der Waals surface area contributed by atoms with E-state index in [-0.39, 0.29) is 6.54 Å². The third-order valence-corrected chi connectivity index (χ3v) is 3.85. The summed E-state index contributed by atoms with van der Waals surface area (Å²) >= 11 is 0. The molecule has 0 aliphatic heterocycles. The molecule has 7 nitrogen and oxygen atoms in total. The van der Waals surface area contributed by atoms with E-state index < -0.39 is 24.5 Å². The van der Waals surface area contributed by atoms with Crippen molar-refractivity contribution in [3.05, 3.63) is 24.2 Å². The zero-order chi connectivity index (χ0) is 16.5. The first-order valence-electron chi connectivity index (χ1n) is 7.89. The molecule has 2 rings (SSSR count). The number of carbonyl (C=O) groups excluding carboxylic acids is 3. The van der Waals surface area contributed by atoms with Gasteiger partial charge in [-0.15, -0.1) is 0 Å². The monoisotopic (exact) mass is 322 g/mol. The van der Waals surface area contributed by atoms with Crippen LogP contribution in [0.5, 0.6) is 0 Å². The molecule has 0 saturated heterocycles. The van der Waals surface area contributed by atoms with Crippen molar-refractivity contribution in [1.29, 1.82) is 0 Å². The van der Waals surface area contributed by atoms with E-state index >= 15 is 0 Å². The molecule has 0 atom stereocenters. The molecule has 126 valence electrons.